The van der Waals surface area contributed by atoms with Gasteiger partial charge < -0.3 is 14.6 Å². The Morgan fingerprint density at radius 2 is 2.14 bits per heavy atom. The Morgan fingerprint density at radius 1 is 1.29 bits per heavy atom. The standard InChI is InChI=1S/C21H23N3O3S/c1-2-6-19(25)24-12-5-8-16(24)20(26)22-13-14-10-11-17(27-14)21-23-15-7-3-4-9-18(15)28-21/h3-4,7,9-11,16H,2,5-6,8,12-13H2,1H3,(H,22,26). The van der Waals surface area contributed by atoms with Gasteiger partial charge in [0.05, 0.1) is 16.8 Å². The maximum atomic E-state index is 12.6. The molecule has 0 bridgehead atoms. The molecule has 1 aliphatic rings. The van der Waals surface area contributed by atoms with Crippen LogP contribution >= 0.6 is 11.3 Å². The summed E-state index contributed by atoms with van der Waals surface area (Å²) >= 11 is 1.58. The number of aromatic nitrogens is 1. The fraction of sp³-hybridized carbons (Fsp3) is 0.381. The van der Waals surface area contributed by atoms with E-state index in [1.165, 1.54) is 0 Å². The van der Waals surface area contributed by atoms with Crippen molar-refractivity contribution >= 4 is 33.4 Å². The molecule has 0 saturated carbocycles. The summed E-state index contributed by atoms with van der Waals surface area (Å²) < 4.78 is 6.99. The predicted molar refractivity (Wildman–Crippen MR) is 109 cm³/mol. The Labute approximate surface area is 167 Å². The van der Waals surface area contributed by atoms with E-state index in [-0.39, 0.29) is 17.9 Å². The zero-order valence-corrected chi connectivity index (χ0v) is 16.6. The quantitative estimate of drug-likeness (QED) is 0.683. The minimum absolute atomic E-state index is 0.0660. The van der Waals surface area contributed by atoms with E-state index in [2.05, 4.69) is 10.3 Å². The molecule has 1 saturated heterocycles. The highest BCUT2D eigenvalue weighted by molar-refractivity contribution is 7.21. The fourth-order valence-corrected chi connectivity index (χ4v) is 4.48. The van der Waals surface area contributed by atoms with Gasteiger partial charge in [0.25, 0.3) is 0 Å². The second-order valence-corrected chi connectivity index (χ2v) is 8.00. The number of nitrogens with zero attached hydrogens (tertiary/aromatic N) is 2. The van der Waals surface area contributed by atoms with Crippen molar-refractivity contribution in [1.82, 2.24) is 15.2 Å². The molecule has 1 atom stereocenters. The molecule has 0 aliphatic carbocycles. The minimum atomic E-state index is -0.363. The number of likely N-dealkylation sites (tertiary alicyclic amines) is 1. The summed E-state index contributed by atoms with van der Waals surface area (Å²) in [4.78, 5) is 31.1. The van der Waals surface area contributed by atoms with Crippen LogP contribution in [-0.4, -0.2) is 34.3 Å². The number of thiazole rings is 1. The monoisotopic (exact) mass is 397 g/mol. The van der Waals surface area contributed by atoms with Crippen molar-refractivity contribution in [2.45, 2.75) is 45.2 Å². The number of amides is 2. The van der Waals surface area contributed by atoms with Crippen LogP contribution in [0.4, 0.5) is 0 Å². The SMILES string of the molecule is CCCC(=O)N1CCCC1C(=O)NCc1ccc(-c2nc3ccccc3s2)o1. The molecule has 3 aromatic rings. The Balaban J connectivity index is 1.39. The first-order valence-corrected chi connectivity index (χ1v) is 10.5. The van der Waals surface area contributed by atoms with Crippen molar-refractivity contribution in [3.8, 4) is 10.8 Å². The summed E-state index contributed by atoms with van der Waals surface area (Å²) in [7, 11) is 0. The number of rotatable bonds is 6. The van der Waals surface area contributed by atoms with Crippen molar-refractivity contribution in [3.63, 3.8) is 0 Å². The molecule has 146 valence electrons. The van der Waals surface area contributed by atoms with Gasteiger partial charge >= 0.3 is 0 Å². The first-order valence-electron chi connectivity index (χ1n) is 9.67. The number of para-hydroxylation sites is 1. The van der Waals surface area contributed by atoms with Crippen LogP contribution in [0.3, 0.4) is 0 Å². The average Bonchev–Trinajstić information content (AvgIpc) is 3.44. The lowest BCUT2D eigenvalue weighted by Crippen LogP contribution is -2.45. The molecule has 1 unspecified atom stereocenters. The second kappa shape index (κ2) is 8.14. The maximum absolute atomic E-state index is 12.6. The second-order valence-electron chi connectivity index (χ2n) is 6.97. The van der Waals surface area contributed by atoms with E-state index in [0.717, 1.165) is 34.5 Å². The van der Waals surface area contributed by atoms with Crippen LogP contribution in [0.2, 0.25) is 0 Å². The Kier molecular flexibility index (Phi) is 5.43. The maximum Gasteiger partial charge on any atom is 0.243 e. The van der Waals surface area contributed by atoms with Crippen molar-refractivity contribution in [2.24, 2.45) is 0 Å². The van der Waals surface area contributed by atoms with E-state index in [9.17, 15) is 9.59 Å². The molecular weight excluding hydrogens is 374 g/mol. The van der Waals surface area contributed by atoms with Crippen molar-refractivity contribution in [3.05, 3.63) is 42.2 Å². The van der Waals surface area contributed by atoms with E-state index >= 15 is 0 Å². The van der Waals surface area contributed by atoms with Gasteiger partial charge in [0, 0.05) is 13.0 Å². The van der Waals surface area contributed by atoms with Gasteiger partial charge in [-0.05, 0) is 43.5 Å². The molecule has 2 aromatic heterocycles. The van der Waals surface area contributed by atoms with E-state index in [0.29, 0.717) is 31.0 Å². The summed E-state index contributed by atoms with van der Waals surface area (Å²) in [5, 5.41) is 3.74. The fourth-order valence-electron chi connectivity index (χ4n) is 3.55. The molecule has 7 heteroatoms. The molecule has 0 radical (unpaired) electrons. The average molecular weight is 398 g/mol. The Hall–Kier alpha value is -2.67. The van der Waals surface area contributed by atoms with Crippen molar-refractivity contribution < 1.29 is 14.0 Å². The normalized spacial score (nSPS) is 16.6. The van der Waals surface area contributed by atoms with Gasteiger partial charge in [-0.25, -0.2) is 4.98 Å². The Bertz CT molecular complexity index is 961. The summed E-state index contributed by atoms with van der Waals surface area (Å²) in [5.74, 6) is 1.33. The highest BCUT2D eigenvalue weighted by Crippen LogP contribution is 2.31. The number of hydrogen-bond acceptors (Lipinski definition) is 5. The molecule has 1 aromatic carbocycles. The number of hydrogen-bond donors (Lipinski definition) is 1. The topological polar surface area (TPSA) is 75.4 Å². The largest absolute Gasteiger partial charge is 0.457 e. The minimum Gasteiger partial charge on any atom is -0.457 e. The summed E-state index contributed by atoms with van der Waals surface area (Å²) in [6, 6.07) is 11.3. The van der Waals surface area contributed by atoms with Crippen molar-refractivity contribution in [2.75, 3.05) is 6.54 Å². The predicted octanol–water partition coefficient (Wildman–Crippen LogP) is 3.96. The molecule has 1 fully saturated rings. The van der Waals surface area contributed by atoms with Gasteiger partial charge in [0.15, 0.2) is 10.8 Å². The zero-order chi connectivity index (χ0) is 19.5. The molecule has 1 N–H and O–H groups in total. The first kappa shape index (κ1) is 18.7. The van der Waals surface area contributed by atoms with E-state index in [4.69, 9.17) is 4.42 Å². The highest BCUT2D eigenvalue weighted by atomic mass is 32.1. The number of carbonyl (C=O) groups is 2. The van der Waals surface area contributed by atoms with Gasteiger partial charge in [0.1, 0.15) is 11.8 Å². The van der Waals surface area contributed by atoms with Crippen LogP contribution in [0.5, 0.6) is 0 Å². The highest BCUT2D eigenvalue weighted by Gasteiger charge is 2.33. The lowest BCUT2D eigenvalue weighted by molar-refractivity contribution is -0.138. The third kappa shape index (κ3) is 3.80. The number of nitrogens with one attached hydrogen (secondary N) is 1. The lowest BCUT2D eigenvalue weighted by Gasteiger charge is -2.23. The number of benzene rings is 1. The summed E-state index contributed by atoms with van der Waals surface area (Å²) in [6.45, 7) is 2.94. The lowest BCUT2D eigenvalue weighted by atomic mass is 10.2. The van der Waals surface area contributed by atoms with Crippen LogP contribution in [0.25, 0.3) is 21.0 Å². The van der Waals surface area contributed by atoms with Crippen LogP contribution in [0.1, 0.15) is 38.4 Å². The molecule has 0 spiro atoms. The zero-order valence-electron chi connectivity index (χ0n) is 15.8. The van der Waals surface area contributed by atoms with Gasteiger partial charge in [0.2, 0.25) is 11.8 Å². The smallest absolute Gasteiger partial charge is 0.243 e. The van der Waals surface area contributed by atoms with Gasteiger partial charge in [-0.3, -0.25) is 9.59 Å². The summed E-state index contributed by atoms with van der Waals surface area (Å²) in [6.07, 6.45) is 2.88. The molecule has 4 rings (SSSR count). The van der Waals surface area contributed by atoms with Gasteiger partial charge in [-0.1, -0.05) is 19.1 Å². The third-order valence-electron chi connectivity index (χ3n) is 4.94. The molecule has 3 heterocycles. The van der Waals surface area contributed by atoms with E-state index < -0.39 is 0 Å². The van der Waals surface area contributed by atoms with Crippen molar-refractivity contribution in [1.29, 1.82) is 0 Å². The number of fused-ring (bicyclic) bond motifs is 1. The first-order chi connectivity index (χ1) is 13.7. The number of furan rings is 1. The van der Waals surface area contributed by atoms with E-state index in [1.54, 1.807) is 16.2 Å². The summed E-state index contributed by atoms with van der Waals surface area (Å²) in [5.41, 5.74) is 0.951. The van der Waals surface area contributed by atoms with Crippen LogP contribution in [0.15, 0.2) is 40.8 Å². The van der Waals surface area contributed by atoms with Crippen LogP contribution in [0, 0.1) is 0 Å². The third-order valence-corrected chi connectivity index (χ3v) is 5.99. The molecule has 6 nitrogen and oxygen atoms in total. The number of carbonyl (C=O) groups excluding carboxylic acids is 2. The Morgan fingerprint density at radius 3 is 2.96 bits per heavy atom. The molecule has 2 amide bonds. The van der Waals surface area contributed by atoms with Crippen LogP contribution in [-0.2, 0) is 16.1 Å². The van der Waals surface area contributed by atoms with E-state index in [1.807, 2.05) is 43.3 Å². The molecule has 1 aliphatic heterocycles. The van der Waals surface area contributed by atoms with Gasteiger partial charge in [-0.2, -0.15) is 0 Å². The van der Waals surface area contributed by atoms with Crippen LogP contribution < -0.4 is 5.32 Å². The molecule has 28 heavy (non-hydrogen) atoms. The van der Waals surface area contributed by atoms with Gasteiger partial charge in [-0.15, -0.1) is 11.3 Å². The molecular formula is C21H23N3O3S.